The van der Waals surface area contributed by atoms with Gasteiger partial charge in [-0.25, -0.2) is 0 Å². The third-order valence-corrected chi connectivity index (χ3v) is 4.14. The van der Waals surface area contributed by atoms with E-state index in [4.69, 9.17) is 9.47 Å². The van der Waals surface area contributed by atoms with Gasteiger partial charge < -0.3 is 14.4 Å². The first-order valence-electron chi connectivity index (χ1n) is 7.55. The van der Waals surface area contributed by atoms with Crippen LogP contribution in [0.1, 0.15) is 16.1 Å². The lowest BCUT2D eigenvalue weighted by atomic mass is 10.1. The number of rotatable bonds is 3. The van der Waals surface area contributed by atoms with Gasteiger partial charge in [0.15, 0.2) is 17.2 Å². The molecule has 0 spiro atoms. The van der Waals surface area contributed by atoms with Crippen molar-refractivity contribution in [1.82, 2.24) is 25.2 Å². The average molecular weight is 315 g/mol. The lowest BCUT2D eigenvalue weighted by Gasteiger charge is -2.34. The maximum absolute atomic E-state index is 12.2. The van der Waals surface area contributed by atoms with Crippen LogP contribution in [0.4, 0.5) is 0 Å². The molecule has 0 bridgehead atoms. The van der Waals surface area contributed by atoms with Gasteiger partial charge in [-0.15, -0.1) is 0 Å². The molecule has 0 atom stereocenters. The highest BCUT2D eigenvalue weighted by Crippen LogP contribution is 2.32. The van der Waals surface area contributed by atoms with Gasteiger partial charge in [0.25, 0.3) is 5.91 Å². The number of piperazine rings is 1. The first-order valence-corrected chi connectivity index (χ1v) is 7.55. The summed E-state index contributed by atoms with van der Waals surface area (Å²) < 4.78 is 10.7. The molecule has 2 aromatic rings. The fourth-order valence-corrected chi connectivity index (χ4v) is 2.87. The summed E-state index contributed by atoms with van der Waals surface area (Å²) in [4.78, 5) is 16.3. The molecule has 1 amide bonds. The highest BCUT2D eigenvalue weighted by atomic mass is 16.7. The second-order valence-electron chi connectivity index (χ2n) is 5.61. The summed E-state index contributed by atoms with van der Waals surface area (Å²) in [6.07, 6.45) is 1.46. The van der Waals surface area contributed by atoms with Crippen molar-refractivity contribution in [2.75, 3.05) is 33.0 Å². The minimum absolute atomic E-state index is 0.0681. The van der Waals surface area contributed by atoms with Gasteiger partial charge in [0.1, 0.15) is 0 Å². The normalized spacial score (nSPS) is 17.5. The van der Waals surface area contributed by atoms with E-state index >= 15 is 0 Å². The van der Waals surface area contributed by atoms with Crippen LogP contribution in [0.15, 0.2) is 24.4 Å². The van der Waals surface area contributed by atoms with Gasteiger partial charge in [0.2, 0.25) is 6.79 Å². The van der Waals surface area contributed by atoms with Crippen molar-refractivity contribution in [1.29, 1.82) is 0 Å². The molecule has 23 heavy (non-hydrogen) atoms. The Kier molecular flexibility index (Phi) is 3.58. The number of carbonyl (C=O) groups excluding carboxylic acids is 1. The second-order valence-corrected chi connectivity index (χ2v) is 5.61. The van der Waals surface area contributed by atoms with E-state index in [1.165, 1.54) is 11.8 Å². The first-order chi connectivity index (χ1) is 11.3. The summed E-state index contributed by atoms with van der Waals surface area (Å²) in [5.74, 6) is 1.54. The lowest BCUT2D eigenvalue weighted by molar-refractivity contribution is 0.0622. The largest absolute Gasteiger partial charge is 0.454 e. The smallest absolute Gasteiger partial charge is 0.276 e. The predicted octanol–water partition coefficient (Wildman–Crippen LogP) is 0.491. The zero-order valence-corrected chi connectivity index (χ0v) is 12.6. The molecular formula is C15H17N5O3. The lowest BCUT2D eigenvalue weighted by Crippen LogP contribution is -2.48. The van der Waals surface area contributed by atoms with Crippen molar-refractivity contribution >= 4 is 5.91 Å². The predicted molar refractivity (Wildman–Crippen MR) is 80.1 cm³/mol. The van der Waals surface area contributed by atoms with Crippen LogP contribution in [0.25, 0.3) is 0 Å². The molecule has 2 aliphatic heterocycles. The molecular weight excluding hydrogens is 298 g/mol. The van der Waals surface area contributed by atoms with Crippen molar-refractivity contribution in [2.45, 2.75) is 6.54 Å². The third-order valence-electron chi connectivity index (χ3n) is 4.14. The van der Waals surface area contributed by atoms with Crippen LogP contribution in [0, 0.1) is 0 Å². The number of nitrogens with zero attached hydrogens (tertiary/aromatic N) is 4. The number of fused-ring (bicyclic) bond motifs is 1. The van der Waals surface area contributed by atoms with E-state index in [0.717, 1.165) is 31.1 Å². The van der Waals surface area contributed by atoms with Gasteiger partial charge in [-0.05, 0) is 17.7 Å². The number of amides is 1. The molecule has 0 aliphatic carbocycles. The Labute approximate surface area is 133 Å². The maximum atomic E-state index is 12.2. The monoisotopic (exact) mass is 315 g/mol. The number of benzene rings is 1. The maximum Gasteiger partial charge on any atom is 0.276 e. The van der Waals surface area contributed by atoms with Crippen molar-refractivity contribution in [2.24, 2.45) is 0 Å². The van der Waals surface area contributed by atoms with Gasteiger partial charge in [-0.1, -0.05) is 6.07 Å². The standard InChI is InChI=1S/C15H17N5O3/c21-15(12-8-16-18-17-12)20-5-3-19(4-6-20)9-11-1-2-13-14(7-11)23-10-22-13/h1-2,7-8H,3-6,9-10H2,(H,16,17,18). The fraction of sp³-hybridized carbons (Fsp3) is 0.400. The van der Waals surface area contributed by atoms with Crippen LogP contribution < -0.4 is 9.47 Å². The minimum atomic E-state index is -0.0681. The molecule has 0 unspecified atom stereocenters. The molecule has 1 aromatic carbocycles. The van der Waals surface area contributed by atoms with Crippen molar-refractivity contribution in [3.63, 3.8) is 0 Å². The highest BCUT2D eigenvalue weighted by Gasteiger charge is 2.24. The molecule has 1 N–H and O–H groups in total. The molecule has 120 valence electrons. The Balaban J connectivity index is 1.34. The third kappa shape index (κ3) is 2.85. The molecule has 2 aliphatic rings. The van der Waals surface area contributed by atoms with Gasteiger partial charge in [0, 0.05) is 32.7 Å². The molecule has 8 heteroatoms. The Morgan fingerprint density at radius 3 is 2.78 bits per heavy atom. The number of H-pyrrole nitrogens is 1. The number of hydrogen-bond acceptors (Lipinski definition) is 6. The average Bonchev–Trinajstić information content (AvgIpc) is 3.26. The van der Waals surface area contributed by atoms with Crippen molar-refractivity contribution in [3.8, 4) is 11.5 Å². The summed E-state index contributed by atoms with van der Waals surface area (Å²) in [6, 6.07) is 6.03. The van der Waals surface area contributed by atoms with E-state index < -0.39 is 0 Å². The molecule has 3 heterocycles. The van der Waals surface area contributed by atoms with E-state index in [0.29, 0.717) is 25.6 Å². The zero-order chi connectivity index (χ0) is 15.6. The number of aromatic amines is 1. The van der Waals surface area contributed by atoms with E-state index in [2.05, 4.69) is 26.4 Å². The molecule has 8 nitrogen and oxygen atoms in total. The van der Waals surface area contributed by atoms with Gasteiger partial charge in [-0.3, -0.25) is 9.69 Å². The van der Waals surface area contributed by atoms with E-state index in [1.807, 2.05) is 17.0 Å². The minimum Gasteiger partial charge on any atom is -0.454 e. The van der Waals surface area contributed by atoms with Crippen molar-refractivity contribution < 1.29 is 14.3 Å². The van der Waals surface area contributed by atoms with E-state index in [9.17, 15) is 4.79 Å². The number of hydrogen-bond donors (Lipinski definition) is 1. The summed E-state index contributed by atoms with van der Waals surface area (Å²) in [5, 5.41) is 10.00. The first kappa shape index (κ1) is 14.0. The van der Waals surface area contributed by atoms with Gasteiger partial charge in [-0.2, -0.15) is 15.4 Å². The van der Waals surface area contributed by atoms with Crippen LogP contribution >= 0.6 is 0 Å². The fourth-order valence-electron chi connectivity index (χ4n) is 2.87. The quantitative estimate of drug-likeness (QED) is 0.887. The summed E-state index contributed by atoms with van der Waals surface area (Å²) in [7, 11) is 0. The molecule has 1 aromatic heterocycles. The second kappa shape index (κ2) is 5.88. The van der Waals surface area contributed by atoms with E-state index in [1.54, 1.807) is 0 Å². The highest BCUT2D eigenvalue weighted by molar-refractivity contribution is 5.91. The van der Waals surface area contributed by atoms with Crippen LogP contribution in [-0.2, 0) is 6.54 Å². The zero-order valence-electron chi connectivity index (χ0n) is 12.6. The molecule has 4 rings (SSSR count). The topological polar surface area (TPSA) is 83.6 Å². The summed E-state index contributed by atoms with van der Waals surface area (Å²) in [6.45, 7) is 4.17. The number of carbonyl (C=O) groups is 1. The summed E-state index contributed by atoms with van der Waals surface area (Å²) >= 11 is 0. The number of aromatic nitrogens is 3. The molecule has 0 radical (unpaired) electrons. The molecule has 1 saturated heterocycles. The Hall–Kier alpha value is -2.61. The van der Waals surface area contributed by atoms with Crippen LogP contribution in [0.5, 0.6) is 11.5 Å². The van der Waals surface area contributed by atoms with E-state index in [-0.39, 0.29) is 5.91 Å². The SMILES string of the molecule is O=C(c1cn[nH]n1)N1CCN(Cc2ccc3c(c2)OCO3)CC1. The molecule has 0 saturated carbocycles. The Morgan fingerprint density at radius 1 is 1.17 bits per heavy atom. The van der Waals surface area contributed by atoms with Crippen LogP contribution in [0.2, 0.25) is 0 Å². The molecule has 1 fully saturated rings. The van der Waals surface area contributed by atoms with Crippen molar-refractivity contribution in [3.05, 3.63) is 35.7 Å². The summed E-state index contributed by atoms with van der Waals surface area (Å²) in [5.41, 5.74) is 1.56. The Morgan fingerprint density at radius 2 is 2.00 bits per heavy atom. The van der Waals surface area contributed by atoms with Crippen LogP contribution in [0.3, 0.4) is 0 Å². The number of ether oxygens (including phenoxy) is 2. The van der Waals surface area contributed by atoms with Gasteiger partial charge in [0.05, 0.1) is 6.20 Å². The van der Waals surface area contributed by atoms with Gasteiger partial charge >= 0.3 is 0 Å². The number of nitrogens with one attached hydrogen (secondary N) is 1. The van der Waals surface area contributed by atoms with Crippen LogP contribution in [-0.4, -0.2) is 64.1 Å². The Bertz CT molecular complexity index is 695.